The van der Waals surface area contributed by atoms with E-state index in [-0.39, 0.29) is 63.3 Å². The number of nitrogens with zero attached hydrogens (tertiary/aromatic N) is 7. The molecule has 4 N–H and O–H groups in total. The molecule has 1 aromatic rings. The van der Waals surface area contributed by atoms with E-state index in [2.05, 4.69) is 27.8 Å². The van der Waals surface area contributed by atoms with Crippen LogP contribution in [0.1, 0.15) is 150 Å². The van der Waals surface area contributed by atoms with Crippen LogP contribution in [0.5, 0.6) is 0 Å². The number of nitrogens with one attached hydrogen (secondary N) is 4. The van der Waals surface area contributed by atoms with Crippen molar-refractivity contribution in [1.82, 2.24) is 55.6 Å². The normalized spacial score (nSPS) is 26.6. The fourth-order valence-electron chi connectivity index (χ4n) is 12.2. The Balaban J connectivity index is 1.81. The Morgan fingerprint density at radius 1 is 0.711 bits per heavy atom. The number of carbonyl (C=O) groups excluding carboxylic acids is 11. The summed E-state index contributed by atoms with van der Waals surface area (Å²) >= 11 is 6.10. The lowest BCUT2D eigenvalue weighted by Gasteiger charge is -2.39. The topological polar surface area (TPSA) is 259 Å². The van der Waals surface area contributed by atoms with Gasteiger partial charge in [0.05, 0.1) is 30.2 Å². The zero-order chi connectivity index (χ0) is 67.9. The molecule has 11 amide bonds. The SMILES string of the molecule is C=CC[C@@]1(C)NC(=O)[C@@H]2CCCN2C(=O)[C@H](CCc2ccc(C(F)(F)F)c(Cl)c2)NC(=O)CN(C)C(=O)[C@H](CC2CCCCC2)N(C)C(=O)CN(C)C(=O)CN(C)C(=O)[C@H](C(C)CC)NC(=O)[C@H](CC(C)C)N(C)C(=O)C[C@@H](C)NC(=O)[C@H](C(C)C)N(C)C1=O. The number of likely N-dealkylation sites (N-methyl/N-ethyl adjacent to an activating group) is 6. The Morgan fingerprint density at radius 2 is 1.32 bits per heavy atom. The highest BCUT2D eigenvalue weighted by molar-refractivity contribution is 6.31. The fraction of sp³-hybridized carbons (Fsp3) is 0.703. The van der Waals surface area contributed by atoms with Gasteiger partial charge in [-0.15, -0.1) is 6.58 Å². The third-order valence-corrected chi connectivity index (χ3v) is 18.1. The molecule has 0 bridgehead atoms. The number of amides is 11. The smallest absolute Gasteiger partial charge is 0.351 e. The van der Waals surface area contributed by atoms with Crippen molar-refractivity contribution in [2.24, 2.45) is 23.7 Å². The quantitative estimate of drug-likeness (QED) is 0.198. The number of fused-ring (bicyclic) bond motifs is 1. The van der Waals surface area contributed by atoms with Crippen LogP contribution in [0.25, 0.3) is 0 Å². The Hall–Kier alpha value is -6.79. The van der Waals surface area contributed by atoms with Crippen LogP contribution in [0, 0.1) is 23.7 Å². The standard InChI is InChI=1S/C64H99ClF3N11O11/c1-16-29-63(9)62(90)78(15)55(39(5)6)58(86)69-41(8)32-51(81)76(13)48(31-38(3)4)56(84)71-54(40(7)17-2)61(89)75(12)36-52(82)73(10)37-53(83)77(14)49(34-42-22-19-18-20-23-42)60(88)74(11)35-50(80)70-46(59(87)79-30-21-24-47(79)57(85)72-63)28-26-43-25-27-44(45(65)33-43)64(66,67)68/h16,25,27,33,38-42,46-49,54-55H,1,17-24,26,28-32,34-37H2,2-15H3,(H,69,86)(H,70,80)(H,71,84)(H,72,85)/t40?,41-,46+,47+,48+,49+,54+,55+,63-/m1/s1. The first kappa shape index (κ1) is 75.7. The molecule has 0 spiro atoms. The van der Waals surface area contributed by atoms with E-state index >= 15 is 0 Å². The van der Waals surface area contributed by atoms with E-state index in [1.807, 2.05) is 20.8 Å². The van der Waals surface area contributed by atoms with Gasteiger partial charge in [0.15, 0.2) is 0 Å². The first-order valence-corrected chi connectivity index (χ1v) is 31.9. The monoisotopic (exact) mass is 1290 g/mol. The van der Waals surface area contributed by atoms with E-state index < -0.39 is 161 Å². The van der Waals surface area contributed by atoms with Gasteiger partial charge in [0.25, 0.3) is 0 Å². The average Bonchev–Trinajstić information content (AvgIpc) is 1.30. The van der Waals surface area contributed by atoms with Gasteiger partial charge in [-0.25, -0.2) is 0 Å². The Morgan fingerprint density at radius 3 is 1.90 bits per heavy atom. The third-order valence-electron chi connectivity index (χ3n) is 17.8. The third kappa shape index (κ3) is 20.4. The summed E-state index contributed by atoms with van der Waals surface area (Å²) in [5, 5.41) is 10.7. The molecule has 0 aromatic heterocycles. The fourth-order valence-corrected chi connectivity index (χ4v) is 12.5. The van der Waals surface area contributed by atoms with Crippen LogP contribution in [0.4, 0.5) is 13.2 Å². The molecule has 22 nitrogen and oxygen atoms in total. The summed E-state index contributed by atoms with van der Waals surface area (Å²) in [4.78, 5) is 167. The van der Waals surface area contributed by atoms with E-state index in [4.69, 9.17) is 11.6 Å². The lowest BCUT2D eigenvalue weighted by atomic mass is 9.84. The molecule has 26 heteroatoms. The van der Waals surface area contributed by atoms with Gasteiger partial charge in [0, 0.05) is 61.3 Å². The second kappa shape index (κ2) is 33.5. The lowest BCUT2D eigenvalue weighted by Crippen LogP contribution is -2.64. The molecule has 3 aliphatic rings. The zero-order valence-corrected chi connectivity index (χ0v) is 56.0. The Kier molecular flexibility index (Phi) is 28.2. The summed E-state index contributed by atoms with van der Waals surface area (Å²) in [6.07, 6.45) is 1.60. The highest BCUT2D eigenvalue weighted by Crippen LogP contribution is 2.36. The Labute approximate surface area is 534 Å². The van der Waals surface area contributed by atoms with Gasteiger partial charge in [0.1, 0.15) is 41.8 Å². The van der Waals surface area contributed by atoms with Crippen molar-refractivity contribution in [2.45, 2.75) is 199 Å². The second-order valence-electron chi connectivity index (χ2n) is 26.1. The van der Waals surface area contributed by atoms with Crippen molar-refractivity contribution in [3.63, 3.8) is 0 Å². The number of alkyl halides is 3. The molecule has 2 heterocycles. The average molecular weight is 1290 g/mol. The predicted molar refractivity (Wildman–Crippen MR) is 334 cm³/mol. The molecular weight excluding hydrogens is 1190 g/mol. The maximum Gasteiger partial charge on any atom is 0.417 e. The van der Waals surface area contributed by atoms with E-state index in [1.165, 1.54) is 81.0 Å². The summed E-state index contributed by atoms with van der Waals surface area (Å²) < 4.78 is 41.2. The van der Waals surface area contributed by atoms with Crippen molar-refractivity contribution in [1.29, 1.82) is 0 Å². The van der Waals surface area contributed by atoms with Crippen molar-refractivity contribution in [3.05, 3.63) is 47.0 Å². The molecule has 1 unspecified atom stereocenters. The molecule has 1 aliphatic carbocycles. The van der Waals surface area contributed by atoms with Gasteiger partial charge < -0.3 is 55.6 Å². The molecule has 4 rings (SSSR count). The molecule has 0 radical (unpaired) electrons. The number of benzene rings is 1. The van der Waals surface area contributed by atoms with Gasteiger partial charge in [-0.2, -0.15) is 13.2 Å². The summed E-state index contributed by atoms with van der Waals surface area (Å²) in [6, 6.07) is -4.84. The predicted octanol–water partition coefficient (Wildman–Crippen LogP) is 5.19. The minimum atomic E-state index is -4.75. The summed E-state index contributed by atoms with van der Waals surface area (Å²) in [7, 11) is 8.43. The summed E-state index contributed by atoms with van der Waals surface area (Å²) in [5.41, 5.74) is -2.54. The first-order valence-electron chi connectivity index (χ1n) is 31.5. The molecule has 2 aliphatic heterocycles. The van der Waals surface area contributed by atoms with Crippen LogP contribution in [-0.2, 0) is 65.3 Å². The van der Waals surface area contributed by atoms with Crippen LogP contribution in [0.3, 0.4) is 0 Å². The van der Waals surface area contributed by atoms with Crippen molar-refractivity contribution < 1.29 is 65.9 Å². The van der Waals surface area contributed by atoms with Crippen molar-refractivity contribution >= 4 is 76.6 Å². The molecular formula is C64H99ClF3N11O11. The molecule has 3 fully saturated rings. The molecule has 1 saturated carbocycles. The maximum atomic E-state index is 14.9. The lowest BCUT2D eigenvalue weighted by molar-refractivity contribution is -0.149. The minimum absolute atomic E-state index is 0.0228. The molecule has 504 valence electrons. The highest BCUT2D eigenvalue weighted by atomic mass is 35.5. The molecule has 90 heavy (non-hydrogen) atoms. The van der Waals surface area contributed by atoms with Crippen LogP contribution in [0.2, 0.25) is 5.02 Å². The number of carbonyl (C=O) groups is 11. The van der Waals surface area contributed by atoms with Gasteiger partial charge in [-0.05, 0) is 100 Å². The van der Waals surface area contributed by atoms with Crippen molar-refractivity contribution in [3.8, 4) is 0 Å². The van der Waals surface area contributed by atoms with Crippen LogP contribution in [0.15, 0.2) is 30.9 Å². The van der Waals surface area contributed by atoms with Crippen LogP contribution < -0.4 is 21.3 Å². The Bertz CT molecular complexity index is 2760. The molecule has 9 atom stereocenters. The number of hydrogen-bond donors (Lipinski definition) is 4. The van der Waals surface area contributed by atoms with Gasteiger partial charge in [-0.3, -0.25) is 52.7 Å². The van der Waals surface area contributed by atoms with Gasteiger partial charge in [-0.1, -0.05) is 104 Å². The summed E-state index contributed by atoms with van der Waals surface area (Å²) in [5.74, 6) is -8.30. The van der Waals surface area contributed by atoms with Gasteiger partial charge in [0.2, 0.25) is 65.0 Å². The van der Waals surface area contributed by atoms with Crippen LogP contribution >= 0.6 is 11.6 Å². The highest BCUT2D eigenvalue weighted by Gasteiger charge is 2.46. The molecule has 2 saturated heterocycles. The van der Waals surface area contributed by atoms with Gasteiger partial charge >= 0.3 is 6.18 Å². The van der Waals surface area contributed by atoms with Crippen LogP contribution in [-0.4, -0.2) is 216 Å². The second-order valence-corrected chi connectivity index (χ2v) is 26.5. The van der Waals surface area contributed by atoms with E-state index in [9.17, 15) is 65.9 Å². The summed E-state index contributed by atoms with van der Waals surface area (Å²) in [6.45, 7) is 16.0. The number of hydrogen-bond acceptors (Lipinski definition) is 11. The first-order chi connectivity index (χ1) is 42.0. The van der Waals surface area contributed by atoms with E-state index in [0.29, 0.717) is 18.4 Å². The van der Waals surface area contributed by atoms with E-state index in [1.54, 1.807) is 27.7 Å². The largest absolute Gasteiger partial charge is 0.417 e. The molecule has 1 aromatic carbocycles. The number of aryl methyl sites for hydroxylation is 1. The van der Waals surface area contributed by atoms with E-state index in [0.717, 1.165) is 58.9 Å². The maximum absolute atomic E-state index is 14.9. The zero-order valence-electron chi connectivity index (χ0n) is 55.2. The number of halogens is 4. The number of rotatable bonds is 12. The minimum Gasteiger partial charge on any atom is -0.351 e. The van der Waals surface area contributed by atoms with Crippen molar-refractivity contribution in [2.75, 3.05) is 68.5 Å².